The first-order chi connectivity index (χ1) is 9.16. The zero-order chi connectivity index (χ0) is 13.7. The largest absolute Gasteiger partial charge is 0.387 e. The first-order valence-corrected chi connectivity index (χ1v) is 7.38. The molecule has 0 aliphatic carbocycles. The molecule has 1 fully saturated rings. The summed E-state index contributed by atoms with van der Waals surface area (Å²) in [6.45, 7) is 2.42. The van der Waals surface area contributed by atoms with Gasteiger partial charge in [0.25, 0.3) is 0 Å². The van der Waals surface area contributed by atoms with Crippen molar-refractivity contribution in [2.75, 3.05) is 26.2 Å². The van der Waals surface area contributed by atoms with Crippen LogP contribution in [-0.2, 0) is 4.79 Å². The number of aliphatic hydroxyl groups excluding tert-OH is 1. The molecule has 1 aromatic rings. The van der Waals surface area contributed by atoms with Gasteiger partial charge in [0.05, 0.1) is 12.6 Å². The van der Waals surface area contributed by atoms with E-state index < -0.39 is 6.10 Å². The number of likely N-dealkylation sites (tertiary alicyclic amines) is 1. The maximum atomic E-state index is 11.8. The van der Waals surface area contributed by atoms with Crippen molar-refractivity contribution < 1.29 is 9.90 Å². The van der Waals surface area contributed by atoms with Gasteiger partial charge < -0.3 is 15.3 Å². The van der Waals surface area contributed by atoms with Crippen molar-refractivity contribution >= 4 is 21.8 Å². The van der Waals surface area contributed by atoms with Crippen LogP contribution < -0.4 is 5.32 Å². The smallest absolute Gasteiger partial charge is 0.236 e. The third kappa shape index (κ3) is 4.30. The van der Waals surface area contributed by atoms with Gasteiger partial charge in [0.15, 0.2) is 0 Å². The summed E-state index contributed by atoms with van der Waals surface area (Å²) in [6, 6.07) is 7.56. The van der Waals surface area contributed by atoms with E-state index in [2.05, 4.69) is 21.2 Å². The molecule has 0 spiro atoms. The van der Waals surface area contributed by atoms with Crippen LogP contribution in [0, 0.1) is 0 Å². The Kier molecular flexibility index (Phi) is 5.36. The molecular formula is C14H19BrN2O2. The zero-order valence-corrected chi connectivity index (χ0v) is 12.4. The third-order valence-corrected chi connectivity index (χ3v) is 3.80. The molecule has 19 heavy (non-hydrogen) atoms. The van der Waals surface area contributed by atoms with E-state index in [4.69, 9.17) is 0 Å². The van der Waals surface area contributed by atoms with Crippen LogP contribution in [0.1, 0.15) is 24.5 Å². The molecule has 0 saturated carbocycles. The highest BCUT2D eigenvalue weighted by molar-refractivity contribution is 9.10. The van der Waals surface area contributed by atoms with Crippen LogP contribution in [0.5, 0.6) is 0 Å². The van der Waals surface area contributed by atoms with Crippen LogP contribution in [-0.4, -0.2) is 42.1 Å². The van der Waals surface area contributed by atoms with Crippen molar-refractivity contribution in [3.8, 4) is 0 Å². The van der Waals surface area contributed by atoms with E-state index in [1.165, 1.54) is 0 Å². The summed E-state index contributed by atoms with van der Waals surface area (Å²) in [5.41, 5.74) is 0.843. The molecular weight excluding hydrogens is 308 g/mol. The lowest BCUT2D eigenvalue weighted by Crippen LogP contribution is -2.37. The van der Waals surface area contributed by atoms with Gasteiger partial charge in [-0.1, -0.05) is 28.1 Å². The van der Waals surface area contributed by atoms with E-state index in [1.807, 2.05) is 29.2 Å². The molecule has 1 unspecified atom stereocenters. The fourth-order valence-electron chi connectivity index (χ4n) is 2.23. The van der Waals surface area contributed by atoms with Gasteiger partial charge in [-0.3, -0.25) is 4.79 Å². The average molecular weight is 327 g/mol. The predicted molar refractivity (Wildman–Crippen MR) is 77.8 cm³/mol. The molecule has 104 valence electrons. The maximum Gasteiger partial charge on any atom is 0.236 e. The molecule has 4 nitrogen and oxygen atoms in total. The Morgan fingerprint density at radius 1 is 1.42 bits per heavy atom. The normalized spacial score (nSPS) is 16.6. The Morgan fingerprint density at radius 2 is 2.16 bits per heavy atom. The highest BCUT2D eigenvalue weighted by Gasteiger charge is 2.17. The summed E-state index contributed by atoms with van der Waals surface area (Å²) in [4.78, 5) is 13.7. The average Bonchev–Trinajstić information content (AvgIpc) is 2.92. The first kappa shape index (κ1) is 14.5. The zero-order valence-electron chi connectivity index (χ0n) is 10.8. The van der Waals surface area contributed by atoms with Gasteiger partial charge in [-0.25, -0.2) is 0 Å². The predicted octanol–water partition coefficient (Wildman–Crippen LogP) is 1.69. The Balaban J connectivity index is 1.74. The summed E-state index contributed by atoms with van der Waals surface area (Å²) in [7, 11) is 0. The molecule has 1 saturated heterocycles. The molecule has 2 N–H and O–H groups in total. The van der Waals surface area contributed by atoms with Crippen LogP contribution in [0.4, 0.5) is 0 Å². The van der Waals surface area contributed by atoms with Crippen molar-refractivity contribution in [3.05, 3.63) is 34.3 Å². The Bertz CT molecular complexity index is 433. The highest BCUT2D eigenvalue weighted by Crippen LogP contribution is 2.17. The van der Waals surface area contributed by atoms with Crippen LogP contribution in [0.2, 0.25) is 0 Å². The van der Waals surface area contributed by atoms with Gasteiger partial charge in [0, 0.05) is 24.1 Å². The summed E-state index contributed by atoms with van der Waals surface area (Å²) >= 11 is 3.37. The summed E-state index contributed by atoms with van der Waals surface area (Å²) < 4.78 is 0.942. The minimum atomic E-state index is -0.594. The second-order valence-electron chi connectivity index (χ2n) is 4.79. The fraction of sp³-hybridized carbons (Fsp3) is 0.500. The second kappa shape index (κ2) is 7.03. The number of rotatable bonds is 5. The quantitative estimate of drug-likeness (QED) is 0.865. The molecule has 2 rings (SSSR count). The number of nitrogens with zero attached hydrogens (tertiary/aromatic N) is 1. The van der Waals surface area contributed by atoms with Crippen LogP contribution >= 0.6 is 15.9 Å². The highest BCUT2D eigenvalue weighted by atomic mass is 79.9. The van der Waals surface area contributed by atoms with Gasteiger partial charge in [-0.2, -0.15) is 0 Å². The van der Waals surface area contributed by atoms with Gasteiger partial charge in [-0.05, 0) is 30.5 Å². The minimum absolute atomic E-state index is 0.124. The SMILES string of the molecule is O=C(CNCC(O)c1cccc(Br)c1)N1CCCC1. The van der Waals surface area contributed by atoms with Crippen molar-refractivity contribution in [2.45, 2.75) is 18.9 Å². The van der Waals surface area contributed by atoms with E-state index in [0.717, 1.165) is 36.0 Å². The number of halogens is 1. The number of nitrogens with one attached hydrogen (secondary N) is 1. The van der Waals surface area contributed by atoms with Gasteiger partial charge in [-0.15, -0.1) is 0 Å². The molecule has 1 aromatic carbocycles. The summed E-state index contributed by atoms with van der Waals surface area (Å²) in [5.74, 6) is 0.124. The molecule has 5 heteroatoms. The van der Waals surface area contributed by atoms with E-state index in [1.54, 1.807) is 0 Å². The van der Waals surface area contributed by atoms with E-state index in [0.29, 0.717) is 13.1 Å². The number of amides is 1. The van der Waals surface area contributed by atoms with Crippen LogP contribution in [0.25, 0.3) is 0 Å². The van der Waals surface area contributed by atoms with Crippen LogP contribution in [0.15, 0.2) is 28.7 Å². The summed E-state index contributed by atoms with van der Waals surface area (Å²) in [6.07, 6.45) is 1.61. The standard InChI is InChI=1S/C14H19BrN2O2/c15-12-5-3-4-11(8-12)13(18)9-16-10-14(19)17-6-1-2-7-17/h3-5,8,13,16,18H,1-2,6-7,9-10H2. The molecule has 1 atom stereocenters. The molecule has 1 aliphatic rings. The third-order valence-electron chi connectivity index (χ3n) is 3.31. The number of hydrogen-bond donors (Lipinski definition) is 2. The Morgan fingerprint density at radius 3 is 2.84 bits per heavy atom. The van der Waals surface area contributed by atoms with Gasteiger partial charge in [0.1, 0.15) is 0 Å². The Labute approximate surface area is 121 Å². The van der Waals surface area contributed by atoms with Crippen molar-refractivity contribution in [3.63, 3.8) is 0 Å². The maximum absolute atomic E-state index is 11.8. The lowest BCUT2D eigenvalue weighted by molar-refractivity contribution is -0.129. The topological polar surface area (TPSA) is 52.6 Å². The second-order valence-corrected chi connectivity index (χ2v) is 5.71. The van der Waals surface area contributed by atoms with Crippen molar-refractivity contribution in [2.24, 2.45) is 0 Å². The number of carbonyl (C=O) groups is 1. The fourth-order valence-corrected chi connectivity index (χ4v) is 2.64. The lowest BCUT2D eigenvalue weighted by Gasteiger charge is -2.17. The number of hydrogen-bond acceptors (Lipinski definition) is 3. The van der Waals surface area contributed by atoms with Gasteiger partial charge >= 0.3 is 0 Å². The van der Waals surface area contributed by atoms with Crippen LogP contribution in [0.3, 0.4) is 0 Å². The molecule has 1 aliphatic heterocycles. The van der Waals surface area contributed by atoms with Crippen molar-refractivity contribution in [1.29, 1.82) is 0 Å². The monoisotopic (exact) mass is 326 g/mol. The summed E-state index contributed by atoms with van der Waals surface area (Å²) in [5, 5.41) is 13.0. The molecule has 0 radical (unpaired) electrons. The molecule has 0 aromatic heterocycles. The molecule has 1 amide bonds. The van der Waals surface area contributed by atoms with E-state index >= 15 is 0 Å². The number of benzene rings is 1. The first-order valence-electron chi connectivity index (χ1n) is 6.59. The lowest BCUT2D eigenvalue weighted by atomic mass is 10.1. The number of carbonyl (C=O) groups excluding carboxylic acids is 1. The van der Waals surface area contributed by atoms with E-state index in [9.17, 15) is 9.90 Å². The minimum Gasteiger partial charge on any atom is -0.387 e. The molecule has 1 heterocycles. The molecule has 0 bridgehead atoms. The van der Waals surface area contributed by atoms with Crippen molar-refractivity contribution in [1.82, 2.24) is 10.2 Å². The van der Waals surface area contributed by atoms with E-state index in [-0.39, 0.29) is 5.91 Å². The number of aliphatic hydroxyl groups is 1. The Hall–Kier alpha value is -0.910. The van der Waals surface area contributed by atoms with Gasteiger partial charge in [0.2, 0.25) is 5.91 Å².